The van der Waals surface area contributed by atoms with Crippen molar-refractivity contribution in [2.24, 2.45) is 0 Å². The number of nitro benzene ring substituents is 1. The number of likely N-dealkylation sites (N-methyl/N-ethyl adjacent to an activating group) is 1. The molecule has 1 aromatic rings. The van der Waals surface area contributed by atoms with Gasteiger partial charge in [-0.1, -0.05) is 11.6 Å². The van der Waals surface area contributed by atoms with Gasteiger partial charge in [-0.15, -0.1) is 0 Å². The fourth-order valence-corrected chi connectivity index (χ4v) is 4.83. The molecule has 0 radical (unpaired) electrons. The lowest BCUT2D eigenvalue weighted by Crippen LogP contribution is -2.49. The van der Waals surface area contributed by atoms with Crippen molar-refractivity contribution in [1.29, 1.82) is 0 Å². The van der Waals surface area contributed by atoms with E-state index in [1.54, 1.807) is 0 Å². The van der Waals surface area contributed by atoms with Gasteiger partial charge in [0.25, 0.3) is 5.69 Å². The second-order valence-corrected chi connectivity index (χ2v) is 9.30. The van der Waals surface area contributed by atoms with E-state index in [2.05, 4.69) is 5.32 Å². The predicted molar refractivity (Wildman–Crippen MR) is 102 cm³/mol. The Morgan fingerprint density at radius 2 is 2.15 bits per heavy atom. The highest BCUT2D eigenvalue weighted by molar-refractivity contribution is 7.92. The summed E-state index contributed by atoms with van der Waals surface area (Å²) in [6.07, 6.45) is 0.931. The van der Waals surface area contributed by atoms with Crippen LogP contribution in [0.2, 0.25) is 5.02 Å². The Morgan fingerprint density at radius 1 is 1.44 bits per heavy atom. The van der Waals surface area contributed by atoms with Crippen LogP contribution in [0.4, 0.5) is 10.5 Å². The van der Waals surface area contributed by atoms with Crippen molar-refractivity contribution in [3.05, 3.63) is 33.3 Å². The highest BCUT2D eigenvalue weighted by Gasteiger charge is 2.34. The third-order valence-electron chi connectivity index (χ3n) is 4.38. The maximum Gasteiger partial charge on any atom is 0.317 e. The summed E-state index contributed by atoms with van der Waals surface area (Å²) >= 11 is 5.76. The molecular weight excluding hydrogens is 396 g/mol. The Balaban J connectivity index is 2.13. The molecule has 2 amide bonds. The number of urea groups is 1. The van der Waals surface area contributed by atoms with E-state index in [0.29, 0.717) is 32.5 Å². The van der Waals surface area contributed by atoms with Gasteiger partial charge in [0.2, 0.25) is 0 Å². The molecule has 1 aromatic carbocycles. The summed E-state index contributed by atoms with van der Waals surface area (Å²) in [6.45, 7) is 1.66. The number of halogens is 1. The van der Waals surface area contributed by atoms with Gasteiger partial charge >= 0.3 is 6.03 Å². The average Bonchev–Trinajstić information content (AvgIpc) is 2.61. The van der Waals surface area contributed by atoms with Crippen LogP contribution >= 0.6 is 11.6 Å². The fraction of sp³-hybridized carbons (Fsp3) is 0.562. The molecule has 150 valence electrons. The molecule has 0 saturated carbocycles. The van der Waals surface area contributed by atoms with Crippen LogP contribution in [0.15, 0.2) is 23.1 Å². The minimum absolute atomic E-state index is 0.0482. The molecular formula is C16H23ClN4O5S. The van der Waals surface area contributed by atoms with Crippen LogP contribution in [0.3, 0.4) is 0 Å². The molecule has 11 heteroatoms. The second kappa shape index (κ2) is 8.85. The van der Waals surface area contributed by atoms with Crippen LogP contribution in [0.5, 0.6) is 0 Å². The van der Waals surface area contributed by atoms with E-state index in [9.17, 15) is 23.3 Å². The van der Waals surface area contributed by atoms with E-state index >= 15 is 0 Å². The minimum Gasteiger partial charge on any atom is -0.337 e. The Labute approximate surface area is 163 Å². The number of benzene rings is 1. The van der Waals surface area contributed by atoms with Gasteiger partial charge in [-0.05, 0) is 39.1 Å². The SMILES string of the molecule is CN(C)CCNC(=O)N1CCCC(S(=O)(=O)c2ccc(Cl)c([N+](=O)[O-])c2)C1. The van der Waals surface area contributed by atoms with E-state index in [1.807, 2.05) is 19.0 Å². The molecule has 27 heavy (non-hydrogen) atoms. The molecule has 1 heterocycles. The van der Waals surface area contributed by atoms with Gasteiger partial charge in [-0.3, -0.25) is 10.1 Å². The number of nitrogens with zero attached hydrogens (tertiary/aromatic N) is 3. The topological polar surface area (TPSA) is 113 Å². The molecule has 0 aromatic heterocycles. The average molecular weight is 419 g/mol. The number of sulfone groups is 1. The van der Waals surface area contributed by atoms with Crippen LogP contribution in [0.1, 0.15) is 12.8 Å². The number of likely N-dealkylation sites (tertiary alicyclic amines) is 1. The number of hydrogen-bond acceptors (Lipinski definition) is 6. The molecule has 0 aliphatic carbocycles. The molecule has 1 N–H and O–H groups in total. The van der Waals surface area contributed by atoms with Crippen molar-refractivity contribution in [1.82, 2.24) is 15.1 Å². The number of nitro groups is 1. The zero-order valence-electron chi connectivity index (χ0n) is 15.2. The largest absolute Gasteiger partial charge is 0.337 e. The monoisotopic (exact) mass is 418 g/mol. The normalized spacial score (nSPS) is 17.8. The molecule has 0 spiro atoms. The van der Waals surface area contributed by atoms with Crippen molar-refractivity contribution in [2.45, 2.75) is 23.0 Å². The first-order chi connectivity index (χ1) is 12.6. The highest BCUT2D eigenvalue weighted by Crippen LogP contribution is 2.30. The van der Waals surface area contributed by atoms with E-state index in [1.165, 1.54) is 17.0 Å². The number of carbonyl (C=O) groups excluding carboxylic acids is 1. The number of nitrogens with one attached hydrogen (secondary N) is 1. The molecule has 0 bridgehead atoms. The summed E-state index contributed by atoms with van der Waals surface area (Å²) in [7, 11) is -0.0485. The zero-order valence-corrected chi connectivity index (χ0v) is 16.8. The number of hydrogen-bond donors (Lipinski definition) is 1. The van der Waals surface area contributed by atoms with Gasteiger partial charge in [-0.2, -0.15) is 0 Å². The zero-order chi connectivity index (χ0) is 20.2. The van der Waals surface area contributed by atoms with Crippen molar-refractivity contribution >= 4 is 33.2 Å². The third kappa shape index (κ3) is 5.30. The lowest BCUT2D eigenvalue weighted by atomic mass is 10.1. The fourth-order valence-electron chi connectivity index (χ4n) is 2.88. The summed E-state index contributed by atoms with van der Waals surface area (Å²) in [4.78, 5) is 25.8. The Kier molecular flexibility index (Phi) is 7.01. The van der Waals surface area contributed by atoms with Gasteiger partial charge < -0.3 is 15.1 Å². The molecule has 1 aliphatic rings. The van der Waals surface area contributed by atoms with Crippen LogP contribution in [-0.2, 0) is 9.84 Å². The quantitative estimate of drug-likeness (QED) is 0.556. The number of piperidine rings is 1. The predicted octanol–water partition coefficient (Wildman–Crippen LogP) is 1.76. The minimum atomic E-state index is -3.83. The van der Waals surface area contributed by atoms with Crippen LogP contribution in [0, 0.1) is 10.1 Å². The standard InChI is InChI=1S/C16H23ClN4O5S/c1-19(2)9-7-18-16(22)20-8-3-4-13(11-20)27(25,26)12-5-6-14(17)15(10-12)21(23)24/h5-6,10,13H,3-4,7-9,11H2,1-2H3,(H,18,22). The molecule has 1 saturated heterocycles. The third-order valence-corrected chi connectivity index (χ3v) is 6.88. The number of amides is 2. The maximum absolute atomic E-state index is 12.9. The molecule has 1 fully saturated rings. The van der Waals surface area contributed by atoms with Crippen LogP contribution in [0.25, 0.3) is 0 Å². The van der Waals surface area contributed by atoms with Crippen molar-refractivity contribution < 1.29 is 18.1 Å². The van der Waals surface area contributed by atoms with E-state index < -0.39 is 25.7 Å². The van der Waals surface area contributed by atoms with E-state index in [0.717, 1.165) is 6.07 Å². The van der Waals surface area contributed by atoms with Gasteiger partial charge in [0.15, 0.2) is 9.84 Å². The Bertz CT molecular complexity index is 815. The first-order valence-corrected chi connectivity index (χ1v) is 10.4. The van der Waals surface area contributed by atoms with Gasteiger partial charge in [-0.25, -0.2) is 13.2 Å². The van der Waals surface area contributed by atoms with E-state index in [-0.39, 0.29) is 22.5 Å². The molecule has 9 nitrogen and oxygen atoms in total. The van der Waals surface area contributed by atoms with Crippen LogP contribution < -0.4 is 5.32 Å². The number of rotatable bonds is 6. The smallest absolute Gasteiger partial charge is 0.317 e. The summed E-state index contributed by atoms with van der Waals surface area (Å²) in [5.74, 6) is 0. The Hall–Kier alpha value is -1.91. The van der Waals surface area contributed by atoms with E-state index in [4.69, 9.17) is 11.6 Å². The first-order valence-electron chi connectivity index (χ1n) is 8.48. The molecule has 2 rings (SSSR count). The first kappa shape index (κ1) is 21.4. The molecule has 1 aliphatic heterocycles. The molecule has 1 atom stereocenters. The summed E-state index contributed by atoms with van der Waals surface area (Å²) < 4.78 is 25.8. The van der Waals surface area contributed by atoms with Crippen molar-refractivity contribution in [3.8, 4) is 0 Å². The summed E-state index contributed by atoms with van der Waals surface area (Å²) in [5.41, 5.74) is -0.452. The lowest BCUT2D eigenvalue weighted by molar-refractivity contribution is -0.384. The van der Waals surface area contributed by atoms with Gasteiger partial charge in [0, 0.05) is 32.2 Å². The summed E-state index contributed by atoms with van der Waals surface area (Å²) in [6, 6.07) is 3.15. The van der Waals surface area contributed by atoms with Crippen LogP contribution in [-0.4, -0.2) is 74.7 Å². The van der Waals surface area contributed by atoms with Crippen molar-refractivity contribution in [3.63, 3.8) is 0 Å². The van der Waals surface area contributed by atoms with Gasteiger partial charge in [0.1, 0.15) is 5.02 Å². The lowest BCUT2D eigenvalue weighted by Gasteiger charge is -2.32. The number of carbonyl (C=O) groups is 1. The maximum atomic E-state index is 12.9. The highest BCUT2D eigenvalue weighted by atomic mass is 35.5. The van der Waals surface area contributed by atoms with Crippen molar-refractivity contribution in [2.75, 3.05) is 40.3 Å². The second-order valence-electron chi connectivity index (χ2n) is 6.66. The summed E-state index contributed by atoms with van der Waals surface area (Å²) in [5, 5.41) is 12.9. The molecule has 1 unspecified atom stereocenters. The Morgan fingerprint density at radius 3 is 2.78 bits per heavy atom. The van der Waals surface area contributed by atoms with Gasteiger partial charge in [0.05, 0.1) is 15.1 Å².